The van der Waals surface area contributed by atoms with Crippen molar-refractivity contribution in [2.45, 2.75) is 39.1 Å². The number of allylic oxidation sites excluding steroid dienone is 2. The Kier molecular flexibility index (Phi) is 2.70. The van der Waals surface area contributed by atoms with Crippen LogP contribution in [0.1, 0.15) is 26.7 Å². The fourth-order valence-corrected chi connectivity index (χ4v) is 2.11. The van der Waals surface area contributed by atoms with Crippen LogP contribution in [0.3, 0.4) is 0 Å². The highest BCUT2D eigenvalue weighted by molar-refractivity contribution is 4.94. The lowest BCUT2D eigenvalue weighted by Gasteiger charge is -2.29. The van der Waals surface area contributed by atoms with Crippen LogP contribution in [-0.2, 0) is 9.47 Å². The third kappa shape index (κ3) is 1.94. The van der Waals surface area contributed by atoms with Gasteiger partial charge in [-0.05, 0) is 25.7 Å². The lowest BCUT2D eigenvalue weighted by atomic mass is 9.84. The van der Waals surface area contributed by atoms with E-state index in [0.717, 1.165) is 13.0 Å². The Morgan fingerprint density at radius 2 is 1.92 bits per heavy atom. The Hall–Kier alpha value is -0.340. The summed E-state index contributed by atoms with van der Waals surface area (Å²) in [5.74, 6) is 1.26. The predicted octanol–water partition coefficient (Wildman–Crippen LogP) is 2.35. The summed E-state index contributed by atoms with van der Waals surface area (Å²) < 4.78 is 11.3. The summed E-state index contributed by atoms with van der Waals surface area (Å²) in [5.41, 5.74) is 0. The summed E-state index contributed by atoms with van der Waals surface area (Å²) in [5, 5.41) is 0. The van der Waals surface area contributed by atoms with Crippen molar-refractivity contribution in [3.05, 3.63) is 12.2 Å². The smallest absolute Gasteiger partial charge is 0.161 e. The molecule has 0 amide bonds. The lowest BCUT2D eigenvalue weighted by Crippen LogP contribution is -2.28. The molecule has 2 rings (SSSR count). The highest BCUT2D eigenvalue weighted by Crippen LogP contribution is 2.32. The predicted molar refractivity (Wildman–Crippen MR) is 51.3 cm³/mol. The summed E-state index contributed by atoms with van der Waals surface area (Å²) >= 11 is 0. The molecule has 2 nitrogen and oxygen atoms in total. The summed E-state index contributed by atoms with van der Waals surface area (Å²) in [6, 6.07) is 0. The standard InChI is InChI=1S/C11H18O2/c1-8-5-3-4-6-10(8)11-12-7-9(2)13-11/h3-4,8-11H,5-7H2,1-2H3/t8-,9+,10-,11-/m1/s1. The van der Waals surface area contributed by atoms with E-state index in [1.807, 2.05) is 0 Å². The number of ether oxygens (including phenoxy) is 2. The molecule has 0 spiro atoms. The average Bonchev–Trinajstić information content (AvgIpc) is 2.53. The molecular weight excluding hydrogens is 164 g/mol. The van der Waals surface area contributed by atoms with E-state index in [0.29, 0.717) is 11.8 Å². The zero-order valence-corrected chi connectivity index (χ0v) is 8.40. The molecule has 2 heteroatoms. The molecule has 0 unspecified atom stereocenters. The van der Waals surface area contributed by atoms with Gasteiger partial charge in [0.2, 0.25) is 0 Å². The molecule has 0 radical (unpaired) electrons. The molecule has 4 atom stereocenters. The first-order valence-electron chi connectivity index (χ1n) is 5.19. The van der Waals surface area contributed by atoms with E-state index in [1.165, 1.54) is 6.42 Å². The van der Waals surface area contributed by atoms with Gasteiger partial charge in [0.25, 0.3) is 0 Å². The zero-order valence-electron chi connectivity index (χ0n) is 8.40. The Bertz CT molecular complexity index is 200. The third-order valence-electron chi connectivity index (χ3n) is 3.02. The van der Waals surface area contributed by atoms with Gasteiger partial charge in [-0.2, -0.15) is 0 Å². The van der Waals surface area contributed by atoms with E-state index in [1.54, 1.807) is 0 Å². The van der Waals surface area contributed by atoms with Gasteiger partial charge in [-0.3, -0.25) is 0 Å². The van der Waals surface area contributed by atoms with Gasteiger partial charge in [-0.15, -0.1) is 0 Å². The Balaban J connectivity index is 1.96. The van der Waals surface area contributed by atoms with Crippen molar-refractivity contribution in [2.75, 3.05) is 6.61 Å². The van der Waals surface area contributed by atoms with Gasteiger partial charge in [0.15, 0.2) is 6.29 Å². The number of hydrogen-bond acceptors (Lipinski definition) is 2. The van der Waals surface area contributed by atoms with Crippen LogP contribution in [0, 0.1) is 11.8 Å². The SMILES string of the molecule is C[C@@H]1CC=CC[C@H]1[C@@H]1OC[C@H](C)O1. The summed E-state index contributed by atoms with van der Waals surface area (Å²) in [7, 11) is 0. The molecule has 1 saturated heterocycles. The van der Waals surface area contributed by atoms with E-state index >= 15 is 0 Å². The molecule has 1 aliphatic heterocycles. The second kappa shape index (κ2) is 3.81. The second-order valence-corrected chi connectivity index (χ2v) is 4.23. The van der Waals surface area contributed by atoms with Gasteiger partial charge in [-0.1, -0.05) is 19.1 Å². The Morgan fingerprint density at radius 1 is 1.15 bits per heavy atom. The minimum Gasteiger partial charge on any atom is -0.350 e. The Morgan fingerprint density at radius 3 is 2.54 bits per heavy atom. The van der Waals surface area contributed by atoms with Gasteiger partial charge in [0, 0.05) is 5.92 Å². The summed E-state index contributed by atoms with van der Waals surface area (Å²) in [4.78, 5) is 0. The molecule has 1 fully saturated rings. The quantitative estimate of drug-likeness (QED) is 0.579. The van der Waals surface area contributed by atoms with Crippen molar-refractivity contribution in [1.29, 1.82) is 0 Å². The first kappa shape index (κ1) is 9.22. The van der Waals surface area contributed by atoms with Gasteiger partial charge >= 0.3 is 0 Å². The van der Waals surface area contributed by atoms with Crippen LogP contribution < -0.4 is 0 Å². The van der Waals surface area contributed by atoms with Crippen molar-refractivity contribution in [1.82, 2.24) is 0 Å². The maximum atomic E-state index is 5.72. The highest BCUT2D eigenvalue weighted by atomic mass is 16.7. The van der Waals surface area contributed by atoms with Gasteiger partial charge < -0.3 is 9.47 Å². The molecule has 0 aromatic heterocycles. The average molecular weight is 182 g/mol. The monoisotopic (exact) mass is 182 g/mol. The molecule has 13 heavy (non-hydrogen) atoms. The molecule has 1 heterocycles. The van der Waals surface area contributed by atoms with Crippen LogP contribution in [0.25, 0.3) is 0 Å². The summed E-state index contributed by atoms with van der Waals surface area (Å²) in [6.45, 7) is 5.12. The number of hydrogen-bond donors (Lipinski definition) is 0. The molecule has 0 bridgehead atoms. The molecule has 0 aromatic carbocycles. The van der Waals surface area contributed by atoms with E-state index in [4.69, 9.17) is 9.47 Å². The van der Waals surface area contributed by atoms with Crippen LogP contribution in [-0.4, -0.2) is 19.0 Å². The number of rotatable bonds is 1. The highest BCUT2D eigenvalue weighted by Gasteiger charge is 2.33. The first-order valence-corrected chi connectivity index (χ1v) is 5.19. The van der Waals surface area contributed by atoms with E-state index in [-0.39, 0.29) is 12.4 Å². The molecule has 0 saturated carbocycles. The van der Waals surface area contributed by atoms with Crippen molar-refractivity contribution in [3.8, 4) is 0 Å². The van der Waals surface area contributed by atoms with E-state index in [2.05, 4.69) is 26.0 Å². The minimum atomic E-state index is 0.0509. The largest absolute Gasteiger partial charge is 0.350 e. The first-order chi connectivity index (χ1) is 6.27. The second-order valence-electron chi connectivity index (χ2n) is 4.23. The molecular formula is C11H18O2. The topological polar surface area (TPSA) is 18.5 Å². The van der Waals surface area contributed by atoms with Crippen molar-refractivity contribution < 1.29 is 9.47 Å². The molecule has 74 valence electrons. The van der Waals surface area contributed by atoms with Crippen LogP contribution in [0.2, 0.25) is 0 Å². The lowest BCUT2D eigenvalue weighted by molar-refractivity contribution is -0.108. The molecule has 1 aliphatic carbocycles. The van der Waals surface area contributed by atoms with Crippen LogP contribution in [0.4, 0.5) is 0 Å². The Labute approximate surface area is 79.9 Å². The van der Waals surface area contributed by atoms with Gasteiger partial charge in [-0.25, -0.2) is 0 Å². The summed E-state index contributed by atoms with van der Waals surface area (Å²) in [6.07, 6.45) is 7.12. The maximum Gasteiger partial charge on any atom is 0.161 e. The third-order valence-corrected chi connectivity index (χ3v) is 3.02. The fraction of sp³-hybridized carbons (Fsp3) is 0.818. The normalized spacial score (nSPS) is 45.4. The van der Waals surface area contributed by atoms with Crippen LogP contribution in [0.15, 0.2) is 12.2 Å². The van der Waals surface area contributed by atoms with Crippen LogP contribution in [0.5, 0.6) is 0 Å². The van der Waals surface area contributed by atoms with Crippen molar-refractivity contribution in [3.63, 3.8) is 0 Å². The minimum absolute atomic E-state index is 0.0509. The maximum absolute atomic E-state index is 5.72. The van der Waals surface area contributed by atoms with Crippen molar-refractivity contribution >= 4 is 0 Å². The van der Waals surface area contributed by atoms with Crippen LogP contribution >= 0.6 is 0 Å². The van der Waals surface area contributed by atoms with Crippen molar-refractivity contribution in [2.24, 2.45) is 11.8 Å². The molecule has 2 aliphatic rings. The zero-order chi connectivity index (χ0) is 9.26. The van der Waals surface area contributed by atoms with Gasteiger partial charge in [0.1, 0.15) is 0 Å². The van der Waals surface area contributed by atoms with E-state index < -0.39 is 0 Å². The fourth-order valence-electron chi connectivity index (χ4n) is 2.11. The van der Waals surface area contributed by atoms with Gasteiger partial charge in [0.05, 0.1) is 12.7 Å². The molecule has 0 N–H and O–H groups in total. The van der Waals surface area contributed by atoms with E-state index in [9.17, 15) is 0 Å². The molecule has 0 aromatic rings.